The lowest BCUT2D eigenvalue weighted by Gasteiger charge is -2.26. The minimum Gasteiger partial charge on any atom is -0.478 e. The number of fused-ring (bicyclic) bond motifs is 1. The second kappa shape index (κ2) is 11.5. The molecule has 0 bridgehead atoms. The number of carbonyl (C=O) groups excluding carboxylic acids is 2. The third-order valence-electron chi connectivity index (χ3n) is 6.88. The van der Waals surface area contributed by atoms with Gasteiger partial charge in [0, 0.05) is 59.7 Å². The number of aromatic carboxylic acids is 1. The van der Waals surface area contributed by atoms with E-state index in [0.29, 0.717) is 60.3 Å². The molecule has 0 spiro atoms. The normalized spacial score (nSPS) is 13.1. The van der Waals surface area contributed by atoms with Crippen LogP contribution in [0.5, 0.6) is 0 Å². The second-order valence-corrected chi connectivity index (χ2v) is 9.66. The van der Waals surface area contributed by atoms with Crippen molar-refractivity contribution in [1.29, 1.82) is 0 Å². The van der Waals surface area contributed by atoms with Crippen molar-refractivity contribution in [3.8, 4) is 11.3 Å². The fraction of sp³-hybridized carbons (Fsp3) is 0.129. The number of nitrogens with one attached hydrogen (secondary N) is 2. The first-order valence-electron chi connectivity index (χ1n) is 13.3. The molecule has 3 N–H and O–H groups in total. The largest absolute Gasteiger partial charge is 0.478 e. The predicted octanol–water partition coefficient (Wildman–Crippen LogP) is 4.56. The van der Waals surface area contributed by atoms with E-state index in [-0.39, 0.29) is 17.4 Å². The van der Waals surface area contributed by atoms with Gasteiger partial charge in [-0.15, -0.1) is 0 Å². The summed E-state index contributed by atoms with van der Waals surface area (Å²) in [5, 5.41) is 15.3. The maximum atomic E-state index is 12.8. The van der Waals surface area contributed by atoms with Gasteiger partial charge in [0.15, 0.2) is 11.5 Å². The fourth-order valence-electron chi connectivity index (χ4n) is 4.66. The molecule has 1 fully saturated rings. The molecule has 42 heavy (non-hydrogen) atoms. The smallest absolute Gasteiger partial charge is 0.335 e. The van der Waals surface area contributed by atoms with E-state index in [2.05, 4.69) is 15.6 Å². The molecule has 3 heterocycles. The first kappa shape index (κ1) is 26.7. The molecule has 0 aliphatic carbocycles. The number of anilines is 3. The van der Waals surface area contributed by atoms with E-state index in [1.807, 2.05) is 47.1 Å². The first-order valence-corrected chi connectivity index (χ1v) is 13.3. The average Bonchev–Trinajstić information content (AvgIpc) is 3.51. The van der Waals surface area contributed by atoms with Gasteiger partial charge in [-0.1, -0.05) is 12.1 Å². The van der Waals surface area contributed by atoms with Crippen molar-refractivity contribution in [1.82, 2.24) is 19.3 Å². The van der Waals surface area contributed by atoms with Crippen LogP contribution in [0.3, 0.4) is 0 Å². The van der Waals surface area contributed by atoms with Crippen molar-refractivity contribution in [3.05, 3.63) is 108 Å². The Morgan fingerprint density at radius 1 is 0.857 bits per heavy atom. The van der Waals surface area contributed by atoms with E-state index >= 15 is 0 Å². The molecule has 2 aromatic heterocycles. The predicted molar refractivity (Wildman–Crippen MR) is 156 cm³/mol. The van der Waals surface area contributed by atoms with Crippen LogP contribution in [0, 0.1) is 0 Å². The molecule has 5 aromatic rings. The van der Waals surface area contributed by atoms with Gasteiger partial charge in [0.25, 0.3) is 11.8 Å². The maximum absolute atomic E-state index is 12.8. The number of nitrogens with zero attached hydrogens (tertiary/aromatic N) is 4. The van der Waals surface area contributed by atoms with E-state index < -0.39 is 5.97 Å². The summed E-state index contributed by atoms with van der Waals surface area (Å²) < 4.78 is 7.20. The highest BCUT2D eigenvalue weighted by Gasteiger charge is 2.18. The first-order chi connectivity index (χ1) is 20.4. The summed E-state index contributed by atoms with van der Waals surface area (Å²) in [6.07, 6.45) is 5.35. The number of hydrogen-bond acceptors (Lipinski definition) is 7. The molecule has 2 amide bonds. The van der Waals surface area contributed by atoms with Gasteiger partial charge in [-0.05, 0) is 60.7 Å². The lowest BCUT2D eigenvalue weighted by atomic mass is 10.1. The SMILES string of the molecule is O=C(O)c1ccc(C(=O)Nc2cccc(-c3cn4ccnc4c(Nc4ccc(C(=O)N5CCOCC5)cc4)n3)c2)cc1. The Hall–Kier alpha value is -5.55. The number of benzene rings is 3. The Morgan fingerprint density at radius 2 is 1.57 bits per heavy atom. The van der Waals surface area contributed by atoms with Crippen molar-refractivity contribution in [2.75, 3.05) is 36.9 Å². The molecule has 1 aliphatic heterocycles. The molecule has 210 valence electrons. The van der Waals surface area contributed by atoms with Gasteiger partial charge < -0.3 is 29.8 Å². The van der Waals surface area contributed by atoms with Gasteiger partial charge in [-0.2, -0.15) is 0 Å². The van der Waals surface area contributed by atoms with Crippen LogP contribution in [0.25, 0.3) is 16.9 Å². The minimum absolute atomic E-state index is 0.0233. The number of carboxylic acid groups (broad SMARTS) is 1. The van der Waals surface area contributed by atoms with Crippen LogP contribution in [-0.2, 0) is 4.74 Å². The number of morpholine rings is 1. The topological polar surface area (TPSA) is 138 Å². The zero-order valence-corrected chi connectivity index (χ0v) is 22.4. The summed E-state index contributed by atoms with van der Waals surface area (Å²) in [6, 6.07) is 20.2. The Balaban J connectivity index is 1.22. The van der Waals surface area contributed by atoms with Gasteiger partial charge in [-0.3, -0.25) is 9.59 Å². The quantitative estimate of drug-likeness (QED) is 0.262. The van der Waals surface area contributed by atoms with Crippen molar-refractivity contribution in [3.63, 3.8) is 0 Å². The Labute approximate surface area is 240 Å². The van der Waals surface area contributed by atoms with E-state index in [1.54, 1.807) is 29.3 Å². The molecule has 0 unspecified atom stereocenters. The third kappa shape index (κ3) is 5.67. The zero-order chi connectivity index (χ0) is 29.1. The van der Waals surface area contributed by atoms with Gasteiger partial charge in [0.1, 0.15) is 0 Å². The van der Waals surface area contributed by atoms with Crippen molar-refractivity contribution >= 4 is 40.6 Å². The molecule has 11 nitrogen and oxygen atoms in total. The number of ether oxygens (including phenoxy) is 1. The average molecular weight is 563 g/mol. The number of rotatable bonds is 7. The fourth-order valence-corrected chi connectivity index (χ4v) is 4.66. The minimum atomic E-state index is -1.05. The van der Waals surface area contributed by atoms with Crippen LogP contribution in [0.4, 0.5) is 17.2 Å². The molecule has 0 radical (unpaired) electrons. The van der Waals surface area contributed by atoms with Gasteiger partial charge >= 0.3 is 5.97 Å². The Morgan fingerprint density at radius 3 is 2.31 bits per heavy atom. The van der Waals surface area contributed by atoms with Crippen molar-refractivity contribution in [2.24, 2.45) is 0 Å². The van der Waals surface area contributed by atoms with Crippen LogP contribution < -0.4 is 10.6 Å². The molecular formula is C31H26N6O5. The molecule has 1 saturated heterocycles. The van der Waals surface area contributed by atoms with Crippen LogP contribution >= 0.6 is 0 Å². The van der Waals surface area contributed by atoms with Crippen molar-refractivity contribution in [2.45, 2.75) is 0 Å². The number of aromatic nitrogens is 3. The molecule has 0 atom stereocenters. The highest BCUT2D eigenvalue weighted by Crippen LogP contribution is 2.27. The zero-order valence-electron chi connectivity index (χ0n) is 22.4. The summed E-state index contributed by atoms with van der Waals surface area (Å²) >= 11 is 0. The van der Waals surface area contributed by atoms with E-state index in [1.165, 1.54) is 24.3 Å². The highest BCUT2D eigenvalue weighted by molar-refractivity contribution is 6.05. The Bertz CT molecular complexity index is 1780. The molecule has 3 aromatic carbocycles. The lowest BCUT2D eigenvalue weighted by Crippen LogP contribution is -2.40. The summed E-state index contributed by atoms with van der Waals surface area (Å²) in [4.78, 5) is 47.7. The molecule has 11 heteroatoms. The number of imidazole rings is 1. The van der Waals surface area contributed by atoms with E-state index in [9.17, 15) is 14.4 Å². The molecule has 1 aliphatic rings. The van der Waals surface area contributed by atoms with Crippen molar-refractivity contribution < 1.29 is 24.2 Å². The summed E-state index contributed by atoms with van der Waals surface area (Å²) in [7, 11) is 0. The second-order valence-electron chi connectivity index (χ2n) is 9.66. The summed E-state index contributed by atoms with van der Waals surface area (Å²) in [6.45, 7) is 2.26. The molecule has 0 saturated carbocycles. The monoisotopic (exact) mass is 562 g/mol. The number of amides is 2. The number of carboxylic acids is 1. The van der Waals surface area contributed by atoms with Crippen LogP contribution in [0.15, 0.2) is 91.4 Å². The van der Waals surface area contributed by atoms with Gasteiger partial charge in [-0.25, -0.2) is 14.8 Å². The summed E-state index contributed by atoms with van der Waals surface area (Å²) in [5.41, 5.74) is 4.39. The maximum Gasteiger partial charge on any atom is 0.335 e. The van der Waals surface area contributed by atoms with Gasteiger partial charge in [0.2, 0.25) is 0 Å². The number of hydrogen-bond donors (Lipinski definition) is 3. The molecular weight excluding hydrogens is 536 g/mol. The Kier molecular flexibility index (Phi) is 7.31. The van der Waals surface area contributed by atoms with Crippen LogP contribution in [0.2, 0.25) is 0 Å². The van der Waals surface area contributed by atoms with E-state index in [4.69, 9.17) is 14.8 Å². The number of carbonyl (C=O) groups is 3. The van der Waals surface area contributed by atoms with Crippen LogP contribution in [0.1, 0.15) is 31.1 Å². The highest BCUT2D eigenvalue weighted by atomic mass is 16.5. The standard InChI is InChI=1S/C31H26N6O5/c38-29(20-4-6-22(7-5-20)31(40)41)34-25-3-1-2-23(18-25)26-19-37-13-12-32-28(37)27(35-26)33-24-10-8-21(9-11-24)30(39)36-14-16-42-17-15-36/h1-13,18-19H,14-17H2,(H,33,35)(H,34,38)(H,40,41). The van der Waals surface area contributed by atoms with Gasteiger partial charge in [0.05, 0.1) is 24.5 Å². The van der Waals surface area contributed by atoms with E-state index in [0.717, 1.165) is 11.3 Å². The molecule has 6 rings (SSSR count). The summed E-state index contributed by atoms with van der Waals surface area (Å²) in [5.74, 6) is -0.913. The van der Waals surface area contributed by atoms with Crippen LogP contribution in [-0.4, -0.2) is 68.5 Å². The lowest BCUT2D eigenvalue weighted by molar-refractivity contribution is 0.0303. The third-order valence-corrected chi connectivity index (χ3v) is 6.88.